The Morgan fingerprint density at radius 2 is 1.94 bits per heavy atom. The molecule has 0 amide bonds. The maximum absolute atomic E-state index is 10.9. The molecule has 1 rings (SSSR count). The van der Waals surface area contributed by atoms with Gasteiger partial charge >= 0.3 is 5.97 Å². The Hall–Kier alpha value is -1.35. The van der Waals surface area contributed by atoms with Crippen molar-refractivity contribution in [3.63, 3.8) is 0 Å². The van der Waals surface area contributed by atoms with Crippen LogP contribution in [0.15, 0.2) is 30.3 Å². The molecule has 0 radical (unpaired) electrons. The number of aliphatic carboxylic acids is 1. The molecule has 0 aliphatic carbocycles. The van der Waals surface area contributed by atoms with Crippen molar-refractivity contribution in [3.8, 4) is 0 Å². The van der Waals surface area contributed by atoms with Gasteiger partial charge in [0.05, 0.1) is 5.41 Å². The number of hydrogen-bond donors (Lipinski definition) is 2. The average Bonchev–Trinajstić information content (AvgIpc) is 2.35. The van der Waals surface area contributed by atoms with Crippen LogP contribution in [-0.4, -0.2) is 24.2 Å². The molecule has 3 heteroatoms. The molecule has 0 spiro atoms. The molecule has 0 heterocycles. The van der Waals surface area contributed by atoms with Crippen LogP contribution in [0.3, 0.4) is 0 Å². The van der Waals surface area contributed by atoms with Crippen molar-refractivity contribution >= 4 is 5.97 Å². The first-order valence-corrected chi connectivity index (χ1v) is 6.42. The van der Waals surface area contributed by atoms with Crippen molar-refractivity contribution in [1.29, 1.82) is 0 Å². The van der Waals surface area contributed by atoms with Gasteiger partial charge in [-0.25, -0.2) is 0 Å². The van der Waals surface area contributed by atoms with E-state index >= 15 is 0 Å². The number of carbonyl (C=O) groups is 1. The molecule has 0 aliphatic heterocycles. The van der Waals surface area contributed by atoms with E-state index in [1.54, 1.807) is 13.8 Å². The molecule has 18 heavy (non-hydrogen) atoms. The van der Waals surface area contributed by atoms with E-state index in [1.807, 2.05) is 18.2 Å². The van der Waals surface area contributed by atoms with Crippen LogP contribution < -0.4 is 5.32 Å². The van der Waals surface area contributed by atoms with Crippen molar-refractivity contribution in [2.45, 2.75) is 33.1 Å². The lowest BCUT2D eigenvalue weighted by atomic mass is 9.89. The highest BCUT2D eigenvalue weighted by molar-refractivity contribution is 5.73. The fourth-order valence-corrected chi connectivity index (χ4v) is 1.73. The minimum atomic E-state index is -0.736. The van der Waals surface area contributed by atoms with Crippen molar-refractivity contribution in [2.75, 3.05) is 13.1 Å². The molecular formula is C15H23NO2. The molecule has 1 unspecified atom stereocenters. The van der Waals surface area contributed by atoms with Gasteiger partial charge in [-0.2, -0.15) is 0 Å². The molecule has 0 aliphatic rings. The first-order valence-electron chi connectivity index (χ1n) is 6.42. The van der Waals surface area contributed by atoms with E-state index in [2.05, 4.69) is 24.4 Å². The van der Waals surface area contributed by atoms with E-state index in [0.717, 1.165) is 13.1 Å². The molecule has 1 aromatic rings. The van der Waals surface area contributed by atoms with Gasteiger partial charge in [-0.3, -0.25) is 4.79 Å². The van der Waals surface area contributed by atoms with E-state index in [4.69, 9.17) is 5.11 Å². The lowest BCUT2D eigenvalue weighted by Crippen LogP contribution is -2.30. The van der Waals surface area contributed by atoms with Crippen LogP contribution >= 0.6 is 0 Å². The van der Waals surface area contributed by atoms with Crippen molar-refractivity contribution in [3.05, 3.63) is 35.9 Å². The molecule has 0 aromatic heterocycles. The van der Waals surface area contributed by atoms with Crippen LogP contribution in [0.1, 0.15) is 38.7 Å². The summed E-state index contributed by atoms with van der Waals surface area (Å²) in [5, 5.41) is 12.3. The quantitative estimate of drug-likeness (QED) is 0.730. The minimum Gasteiger partial charge on any atom is -0.481 e. The number of benzene rings is 1. The summed E-state index contributed by atoms with van der Waals surface area (Å²) >= 11 is 0. The van der Waals surface area contributed by atoms with E-state index in [0.29, 0.717) is 12.3 Å². The fourth-order valence-electron chi connectivity index (χ4n) is 1.73. The first kappa shape index (κ1) is 14.7. The highest BCUT2D eigenvalue weighted by Crippen LogP contribution is 2.19. The van der Waals surface area contributed by atoms with Gasteiger partial charge in [-0.1, -0.05) is 37.3 Å². The van der Waals surface area contributed by atoms with E-state index in [9.17, 15) is 4.79 Å². The second kappa shape index (κ2) is 6.55. The van der Waals surface area contributed by atoms with Gasteiger partial charge in [-0.15, -0.1) is 0 Å². The van der Waals surface area contributed by atoms with Gasteiger partial charge in [-0.05, 0) is 38.3 Å². The van der Waals surface area contributed by atoms with Gasteiger partial charge in [0.15, 0.2) is 0 Å². The van der Waals surface area contributed by atoms with Crippen LogP contribution in [0.25, 0.3) is 0 Å². The predicted molar refractivity (Wildman–Crippen MR) is 73.8 cm³/mol. The summed E-state index contributed by atoms with van der Waals surface area (Å²) in [6.07, 6.45) is 0.643. The Labute approximate surface area is 109 Å². The molecular weight excluding hydrogens is 226 g/mol. The van der Waals surface area contributed by atoms with Gasteiger partial charge in [0.25, 0.3) is 0 Å². The van der Waals surface area contributed by atoms with Crippen LogP contribution in [-0.2, 0) is 4.79 Å². The fraction of sp³-hybridized carbons (Fsp3) is 0.533. The number of carboxylic acids is 1. The van der Waals surface area contributed by atoms with Gasteiger partial charge < -0.3 is 10.4 Å². The van der Waals surface area contributed by atoms with Crippen molar-refractivity contribution in [1.82, 2.24) is 5.32 Å². The predicted octanol–water partition coefficient (Wildman–Crippen LogP) is 2.88. The topological polar surface area (TPSA) is 49.3 Å². The highest BCUT2D eigenvalue weighted by atomic mass is 16.4. The number of carboxylic acid groups (broad SMARTS) is 1. The summed E-state index contributed by atoms with van der Waals surface area (Å²) < 4.78 is 0. The van der Waals surface area contributed by atoms with Gasteiger partial charge in [0.2, 0.25) is 0 Å². The summed E-state index contributed by atoms with van der Waals surface area (Å²) in [5.41, 5.74) is 0.658. The monoisotopic (exact) mass is 249 g/mol. The van der Waals surface area contributed by atoms with Crippen LogP contribution in [0.5, 0.6) is 0 Å². The summed E-state index contributed by atoms with van der Waals surface area (Å²) in [6.45, 7) is 7.30. The molecule has 1 aromatic carbocycles. The average molecular weight is 249 g/mol. The lowest BCUT2D eigenvalue weighted by Gasteiger charge is -2.20. The van der Waals surface area contributed by atoms with E-state index < -0.39 is 11.4 Å². The summed E-state index contributed by atoms with van der Waals surface area (Å²) in [4.78, 5) is 10.9. The van der Waals surface area contributed by atoms with E-state index in [1.165, 1.54) is 5.56 Å². The second-order valence-corrected chi connectivity index (χ2v) is 5.45. The zero-order valence-electron chi connectivity index (χ0n) is 11.4. The second-order valence-electron chi connectivity index (χ2n) is 5.45. The van der Waals surface area contributed by atoms with Gasteiger partial charge in [0.1, 0.15) is 0 Å². The Bertz CT molecular complexity index is 373. The van der Waals surface area contributed by atoms with Crippen LogP contribution in [0.4, 0.5) is 0 Å². The number of hydrogen-bond acceptors (Lipinski definition) is 2. The van der Waals surface area contributed by atoms with Crippen LogP contribution in [0, 0.1) is 5.41 Å². The molecule has 0 saturated heterocycles. The summed E-state index contributed by atoms with van der Waals surface area (Å²) in [5.74, 6) is -0.292. The summed E-state index contributed by atoms with van der Waals surface area (Å²) in [7, 11) is 0. The minimum absolute atomic E-state index is 0.444. The number of rotatable bonds is 7. The highest BCUT2D eigenvalue weighted by Gasteiger charge is 2.26. The molecule has 0 bridgehead atoms. The molecule has 2 N–H and O–H groups in total. The molecule has 1 atom stereocenters. The summed E-state index contributed by atoms with van der Waals surface area (Å²) in [6, 6.07) is 10.3. The third kappa shape index (κ3) is 4.49. The zero-order chi connectivity index (χ0) is 13.6. The molecule has 3 nitrogen and oxygen atoms in total. The van der Waals surface area contributed by atoms with E-state index in [-0.39, 0.29) is 0 Å². The Morgan fingerprint density at radius 1 is 1.33 bits per heavy atom. The Kier molecular flexibility index (Phi) is 5.35. The standard InChI is InChI=1S/C15H23NO2/c1-12(13-7-5-4-6-8-13)11-16-10-9-15(2,3)14(17)18/h4-8,12,16H,9-11H2,1-3H3,(H,17,18). The van der Waals surface area contributed by atoms with Crippen molar-refractivity contribution in [2.24, 2.45) is 5.41 Å². The first-order chi connectivity index (χ1) is 8.43. The largest absolute Gasteiger partial charge is 0.481 e. The zero-order valence-corrected chi connectivity index (χ0v) is 11.4. The Morgan fingerprint density at radius 3 is 2.50 bits per heavy atom. The molecule has 0 saturated carbocycles. The maximum Gasteiger partial charge on any atom is 0.309 e. The molecule has 0 fully saturated rings. The Balaban J connectivity index is 2.29. The third-order valence-electron chi connectivity index (χ3n) is 3.32. The van der Waals surface area contributed by atoms with Crippen molar-refractivity contribution < 1.29 is 9.90 Å². The normalized spacial score (nSPS) is 13.3. The van der Waals surface area contributed by atoms with Crippen LogP contribution in [0.2, 0.25) is 0 Å². The van der Waals surface area contributed by atoms with Gasteiger partial charge in [0, 0.05) is 6.54 Å². The SMILES string of the molecule is CC(CNCCC(C)(C)C(=O)O)c1ccccc1. The third-order valence-corrected chi connectivity index (χ3v) is 3.32. The molecule has 100 valence electrons. The number of nitrogens with one attached hydrogen (secondary N) is 1. The smallest absolute Gasteiger partial charge is 0.309 e. The lowest BCUT2D eigenvalue weighted by molar-refractivity contribution is -0.147. The maximum atomic E-state index is 10.9.